The second-order valence-electron chi connectivity index (χ2n) is 10.6. The Labute approximate surface area is 172 Å². The number of esters is 1. The summed E-state index contributed by atoms with van der Waals surface area (Å²) in [4.78, 5) is 35.5. The van der Waals surface area contributed by atoms with Gasteiger partial charge in [-0.25, -0.2) is 0 Å². The van der Waals surface area contributed by atoms with Gasteiger partial charge >= 0.3 is 11.9 Å². The number of carbonyl (C=O) groups is 3. The van der Waals surface area contributed by atoms with Crippen molar-refractivity contribution in [3.05, 3.63) is 0 Å². The van der Waals surface area contributed by atoms with Crippen molar-refractivity contribution in [2.45, 2.75) is 90.2 Å². The van der Waals surface area contributed by atoms with Gasteiger partial charge in [0.25, 0.3) is 0 Å². The summed E-state index contributed by atoms with van der Waals surface area (Å²) in [6, 6.07) is -1.09. The van der Waals surface area contributed by atoms with E-state index in [1.807, 2.05) is 0 Å². The second-order valence-corrected chi connectivity index (χ2v) is 10.6. The summed E-state index contributed by atoms with van der Waals surface area (Å²) in [5.74, 6) is 1.21. The van der Waals surface area contributed by atoms with Gasteiger partial charge in [-0.1, -0.05) is 13.8 Å². The molecule has 4 aliphatic rings. The van der Waals surface area contributed by atoms with Gasteiger partial charge in [0.1, 0.15) is 17.9 Å². The molecule has 4 rings (SSSR count). The van der Waals surface area contributed by atoms with Crippen LogP contribution < -0.4 is 5.73 Å². The number of hydrogen-bond acceptors (Lipinski definition) is 5. The van der Waals surface area contributed by atoms with Gasteiger partial charge in [0, 0.05) is 11.8 Å². The molecule has 0 bridgehead atoms. The summed E-state index contributed by atoms with van der Waals surface area (Å²) in [7, 11) is 0. The van der Waals surface area contributed by atoms with Crippen LogP contribution in [0.3, 0.4) is 0 Å². The highest BCUT2D eigenvalue weighted by atomic mass is 16.5. The number of carbonyl (C=O) groups excluding carboxylic acids is 2. The molecule has 6 nitrogen and oxygen atoms in total. The first kappa shape index (κ1) is 20.8. The van der Waals surface area contributed by atoms with Crippen LogP contribution in [-0.4, -0.2) is 35.0 Å². The summed E-state index contributed by atoms with van der Waals surface area (Å²) in [6.45, 7) is 4.65. The Balaban J connectivity index is 1.42. The van der Waals surface area contributed by atoms with Gasteiger partial charge in [-0.05, 0) is 80.5 Å². The maximum absolute atomic E-state index is 12.5. The fourth-order valence-electron chi connectivity index (χ4n) is 7.62. The molecule has 0 aromatic heterocycles. The summed E-state index contributed by atoms with van der Waals surface area (Å²) in [5, 5.41) is 8.83. The zero-order valence-electron chi connectivity index (χ0n) is 17.7. The van der Waals surface area contributed by atoms with E-state index in [1.165, 1.54) is 6.42 Å². The van der Waals surface area contributed by atoms with Gasteiger partial charge in [-0.2, -0.15) is 0 Å². The highest BCUT2D eigenvalue weighted by molar-refractivity contribution is 5.87. The van der Waals surface area contributed by atoms with Crippen LogP contribution in [0.25, 0.3) is 0 Å². The van der Waals surface area contributed by atoms with Crippen LogP contribution in [0.4, 0.5) is 0 Å². The summed E-state index contributed by atoms with van der Waals surface area (Å²) >= 11 is 0. The van der Waals surface area contributed by atoms with Gasteiger partial charge in [-0.3, -0.25) is 14.4 Å². The van der Waals surface area contributed by atoms with E-state index in [4.69, 9.17) is 15.6 Å². The Bertz CT molecular complexity index is 707. The third kappa shape index (κ3) is 3.41. The predicted octanol–water partition coefficient (Wildman–Crippen LogP) is 3.31. The second kappa shape index (κ2) is 7.36. The number of Topliss-reactive ketones (excluding diaryl/α,β-unsaturated/α-hetero) is 1. The van der Waals surface area contributed by atoms with Gasteiger partial charge in [0.05, 0.1) is 6.42 Å². The minimum absolute atomic E-state index is 0.0859. The number of hydrogen-bond donors (Lipinski definition) is 2. The molecule has 1 unspecified atom stereocenters. The standard InChI is InChI=1S/C23H35NO5/c1-22-9-7-14(29-21(28)18(24)12-20(26)27)11-13(22)3-4-15-16-5-6-19(25)23(16,2)10-8-17(15)22/h13-18H,3-12,24H2,1-2H3,(H,26,27)/t13?,14-,15-,16-,17-,18-,22-,23-/m0/s1. The van der Waals surface area contributed by atoms with Crippen molar-refractivity contribution < 1.29 is 24.2 Å². The fraction of sp³-hybridized carbons (Fsp3) is 0.870. The molecular formula is C23H35NO5. The molecule has 3 N–H and O–H groups in total. The van der Waals surface area contributed by atoms with Crippen molar-refractivity contribution in [3.63, 3.8) is 0 Å². The molecule has 8 atom stereocenters. The van der Waals surface area contributed by atoms with Crippen LogP contribution in [-0.2, 0) is 19.1 Å². The number of ketones is 1. The first-order valence-electron chi connectivity index (χ1n) is 11.4. The molecule has 6 heteroatoms. The lowest BCUT2D eigenvalue weighted by molar-refractivity contribution is -0.165. The SMILES string of the molecule is C[C@]12CC[C@H](OC(=O)[C@@H](N)CC(=O)O)CC1CC[C@@H]1[C@@H]2CC[C@]2(C)C(=O)CC[C@@H]12. The quantitative estimate of drug-likeness (QED) is 0.695. The van der Waals surface area contributed by atoms with Crippen LogP contribution >= 0.6 is 0 Å². The minimum atomic E-state index is -1.09. The normalized spacial score (nSPS) is 44.9. The van der Waals surface area contributed by atoms with Crippen LogP contribution in [0.1, 0.15) is 78.1 Å². The van der Waals surface area contributed by atoms with Gasteiger partial charge in [0.2, 0.25) is 0 Å². The molecule has 0 aromatic carbocycles. The molecule has 4 saturated carbocycles. The number of ether oxygens (including phenoxy) is 1. The van der Waals surface area contributed by atoms with Crippen molar-refractivity contribution in [3.8, 4) is 0 Å². The molecule has 29 heavy (non-hydrogen) atoms. The molecule has 0 heterocycles. The highest BCUT2D eigenvalue weighted by Gasteiger charge is 2.60. The van der Waals surface area contributed by atoms with E-state index in [-0.39, 0.29) is 16.9 Å². The molecule has 4 fully saturated rings. The number of carboxylic acid groups (broad SMARTS) is 1. The van der Waals surface area contributed by atoms with E-state index in [2.05, 4.69) is 13.8 Å². The van der Waals surface area contributed by atoms with Crippen molar-refractivity contribution in [2.24, 2.45) is 40.2 Å². The molecule has 162 valence electrons. The van der Waals surface area contributed by atoms with Crippen molar-refractivity contribution in [1.82, 2.24) is 0 Å². The van der Waals surface area contributed by atoms with Crippen molar-refractivity contribution in [1.29, 1.82) is 0 Å². The van der Waals surface area contributed by atoms with E-state index < -0.39 is 24.4 Å². The lowest BCUT2D eigenvalue weighted by Crippen LogP contribution is -2.54. The van der Waals surface area contributed by atoms with E-state index in [0.29, 0.717) is 29.5 Å². The maximum Gasteiger partial charge on any atom is 0.323 e. The first-order valence-corrected chi connectivity index (χ1v) is 11.4. The van der Waals surface area contributed by atoms with Gasteiger partial charge < -0.3 is 15.6 Å². The van der Waals surface area contributed by atoms with Crippen LogP contribution in [0.2, 0.25) is 0 Å². The minimum Gasteiger partial charge on any atom is -0.481 e. The van der Waals surface area contributed by atoms with Crippen molar-refractivity contribution in [2.75, 3.05) is 0 Å². The molecule has 0 aromatic rings. The van der Waals surface area contributed by atoms with Crippen molar-refractivity contribution >= 4 is 17.7 Å². The summed E-state index contributed by atoms with van der Waals surface area (Å²) < 4.78 is 5.61. The zero-order chi connectivity index (χ0) is 21.0. The molecule has 0 saturated heterocycles. The van der Waals surface area contributed by atoms with Gasteiger partial charge in [0.15, 0.2) is 0 Å². The Hall–Kier alpha value is -1.43. The van der Waals surface area contributed by atoms with Gasteiger partial charge in [-0.15, -0.1) is 0 Å². The molecule has 0 aliphatic heterocycles. The zero-order valence-corrected chi connectivity index (χ0v) is 17.7. The Morgan fingerprint density at radius 2 is 1.90 bits per heavy atom. The largest absolute Gasteiger partial charge is 0.481 e. The molecular weight excluding hydrogens is 370 g/mol. The number of aliphatic carboxylic acids is 1. The maximum atomic E-state index is 12.5. The number of fused-ring (bicyclic) bond motifs is 5. The number of carboxylic acids is 1. The Kier molecular flexibility index (Phi) is 5.29. The molecule has 0 radical (unpaired) electrons. The number of rotatable bonds is 4. The van der Waals surface area contributed by atoms with Crippen LogP contribution in [0, 0.1) is 34.5 Å². The summed E-state index contributed by atoms with van der Waals surface area (Å²) in [5.41, 5.74) is 5.84. The van der Waals surface area contributed by atoms with E-state index >= 15 is 0 Å². The predicted molar refractivity (Wildman–Crippen MR) is 107 cm³/mol. The third-order valence-corrected chi connectivity index (χ3v) is 9.31. The Morgan fingerprint density at radius 3 is 2.62 bits per heavy atom. The van der Waals surface area contributed by atoms with E-state index in [0.717, 1.165) is 51.4 Å². The van der Waals surface area contributed by atoms with Crippen LogP contribution in [0.5, 0.6) is 0 Å². The van der Waals surface area contributed by atoms with Crippen LogP contribution in [0.15, 0.2) is 0 Å². The summed E-state index contributed by atoms with van der Waals surface area (Å²) in [6.07, 6.45) is 8.47. The Morgan fingerprint density at radius 1 is 1.14 bits per heavy atom. The van der Waals surface area contributed by atoms with E-state index in [1.54, 1.807) is 0 Å². The monoisotopic (exact) mass is 405 g/mol. The lowest BCUT2D eigenvalue weighted by atomic mass is 9.45. The highest BCUT2D eigenvalue weighted by Crippen LogP contribution is 2.65. The molecule has 4 aliphatic carbocycles. The fourth-order valence-corrected chi connectivity index (χ4v) is 7.62. The molecule has 0 spiro atoms. The average Bonchev–Trinajstić information content (AvgIpc) is 2.96. The third-order valence-electron chi connectivity index (χ3n) is 9.31. The topological polar surface area (TPSA) is 107 Å². The first-order chi connectivity index (χ1) is 13.6. The average molecular weight is 406 g/mol. The van der Waals surface area contributed by atoms with E-state index in [9.17, 15) is 14.4 Å². The molecule has 0 amide bonds. The smallest absolute Gasteiger partial charge is 0.323 e. The lowest BCUT2D eigenvalue weighted by Gasteiger charge is -2.60. The number of nitrogens with two attached hydrogens (primary N) is 1.